The highest BCUT2D eigenvalue weighted by Crippen LogP contribution is 2.31. The highest BCUT2D eigenvalue weighted by molar-refractivity contribution is 6.00. The summed E-state index contributed by atoms with van der Waals surface area (Å²) in [6.07, 6.45) is 5.04. The second-order valence-electron chi connectivity index (χ2n) is 8.60. The second-order valence-corrected chi connectivity index (χ2v) is 8.60. The summed E-state index contributed by atoms with van der Waals surface area (Å²) in [6, 6.07) is 5.75. The summed E-state index contributed by atoms with van der Waals surface area (Å²) in [5.41, 5.74) is 2.81. The number of piperidine rings is 1. The predicted molar refractivity (Wildman–Crippen MR) is 122 cm³/mol. The molecular weight excluding hydrogens is 420 g/mol. The molecule has 2 saturated heterocycles. The van der Waals surface area contributed by atoms with E-state index in [1.807, 2.05) is 30.0 Å². The summed E-state index contributed by atoms with van der Waals surface area (Å²) >= 11 is 0. The van der Waals surface area contributed by atoms with Crippen molar-refractivity contribution in [3.05, 3.63) is 53.4 Å². The van der Waals surface area contributed by atoms with Crippen molar-refractivity contribution in [3.63, 3.8) is 0 Å². The normalized spacial score (nSPS) is 17.4. The van der Waals surface area contributed by atoms with Crippen LogP contribution < -0.4 is 4.90 Å². The number of morpholine rings is 1. The van der Waals surface area contributed by atoms with Crippen molar-refractivity contribution in [1.82, 2.24) is 25.0 Å². The van der Waals surface area contributed by atoms with Crippen LogP contribution in [0.1, 0.15) is 46.4 Å². The number of hydrogen-bond acceptors (Lipinski definition) is 8. The van der Waals surface area contributed by atoms with Crippen molar-refractivity contribution in [2.75, 3.05) is 44.3 Å². The van der Waals surface area contributed by atoms with Crippen LogP contribution in [-0.4, -0.2) is 70.3 Å². The van der Waals surface area contributed by atoms with Crippen LogP contribution in [0.2, 0.25) is 0 Å². The van der Waals surface area contributed by atoms with Crippen molar-refractivity contribution in [2.45, 2.75) is 32.6 Å². The molecule has 9 nitrogen and oxygen atoms in total. The third-order valence-corrected chi connectivity index (χ3v) is 6.35. The standard InChI is InChI=1S/C24H28N6O3/c1-16-14-20(29-10-12-32-13-11-29)27-23(26-16)18-5-8-30(9-6-18)24(31)21-17(2)33-28-22(21)19-4-3-7-25-15-19/h3-4,7,14-15,18H,5-6,8-13H2,1-2H3. The summed E-state index contributed by atoms with van der Waals surface area (Å²) < 4.78 is 10.8. The van der Waals surface area contributed by atoms with E-state index >= 15 is 0 Å². The van der Waals surface area contributed by atoms with E-state index < -0.39 is 0 Å². The van der Waals surface area contributed by atoms with Crippen LogP contribution in [-0.2, 0) is 4.74 Å². The number of amides is 1. The summed E-state index contributed by atoms with van der Waals surface area (Å²) in [5.74, 6) is 2.56. The van der Waals surface area contributed by atoms with Gasteiger partial charge in [0.2, 0.25) is 0 Å². The Kier molecular flexibility index (Phi) is 6.04. The number of carbonyl (C=O) groups excluding carboxylic acids is 1. The van der Waals surface area contributed by atoms with Gasteiger partial charge in [0, 0.05) is 61.8 Å². The Hall–Kier alpha value is -3.33. The third kappa shape index (κ3) is 4.45. The first-order valence-corrected chi connectivity index (χ1v) is 11.4. The smallest absolute Gasteiger partial charge is 0.259 e. The number of ether oxygens (including phenoxy) is 1. The number of pyridine rings is 1. The van der Waals surface area contributed by atoms with E-state index in [1.54, 1.807) is 19.3 Å². The van der Waals surface area contributed by atoms with E-state index in [2.05, 4.69) is 15.0 Å². The minimum Gasteiger partial charge on any atom is -0.378 e. The van der Waals surface area contributed by atoms with Crippen LogP contribution in [0.15, 0.2) is 35.1 Å². The molecule has 2 aliphatic heterocycles. The van der Waals surface area contributed by atoms with Gasteiger partial charge in [-0.15, -0.1) is 0 Å². The first-order valence-electron chi connectivity index (χ1n) is 11.4. The lowest BCUT2D eigenvalue weighted by atomic mass is 9.95. The molecule has 0 aromatic carbocycles. The summed E-state index contributed by atoms with van der Waals surface area (Å²) in [6.45, 7) is 8.23. The van der Waals surface area contributed by atoms with Crippen molar-refractivity contribution >= 4 is 11.7 Å². The fourth-order valence-corrected chi connectivity index (χ4v) is 4.53. The Balaban J connectivity index is 1.30. The van der Waals surface area contributed by atoms with E-state index in [0.29, 0.717) is 30.1 Å². The first kappa shape index (κ1) is 21.5. The highest BCUT2D eigenvalue weighted by atomic mass is 16.5. The van der Waals surface area contributed by atoms with Gasteiger partial charge in [-0.05, 0) is 38.8 Å². The molecule has 5 heterocycles. The predicted octanol–water partition coefficient (Wildman–Crippen LogP) is 3.00. The Morgan fingerprint density at radius 2 is 1.88 bits per heavy atom. The maximum absolute atomic E-state index is 13.4. The molecule has 2 aliphatic rings. The Bertz CT molecular complexity index is 1120. The van der Waals surface area contributed by atoms with Gasteiger partial charge in [0.15, 0.2) is 0 Å². The Labute approximate surface area is 192 Å². The van der Waals surface area contributed by atoms with E-state index in [-0.39, 0.29) is 11.8 Å². The summed E-state index contributed by atoms with van der Waals surface area (Å²) in [5, 5.41) is 4.13. The minimum atomic E-state index is -0.0507. The topological polar surface area (TPSA) is 97.5 Å². The molecule has 0 aliphatic carbocycles. The number of hydrogen-bond donors (Lipinski definition) is 0. The lowest BCUT2D eigenvalue weighted by molar-refractivity contribution is 0.0710. The van der Waals surface area contributed by atoms with Gasteiger partial charge in [-0.25, -0.2) is 9.97 Å². The summed E-state index contributed by atoms with van der Waals surface area (Å²) in [7, 11) is 0. The van der Waals surface area contributed by atoms with Crippen molar-refractivity contribution < 1.29 is 14.1 Å². The average molecular weight is 449 g/mol. The maximum atomic E-state index is 13.4. The van der Waals surface area contributed by atoms with Crippen LogP contribution in [0.4, 0.5) is 5.82 Å². The largest absolute Gasteiger partial charge is 0.378 e. The zero-order valence-corrected chi connectivity index (χ0v) is 19.0. The van der Waals surface area contributed by atoms with Crippen molar-refractivity contribution in [1.29, 1.82) is 0 Å². The molecule has 172 valence electrons. The number of nitrogens with zero attached hydrogens (tertiary/aromatic N) is 6. The van der Waals surface area contributed by atoms with Crippen LogP contribution in [0.3, 0.4) is 0 Å². The number of likely N-dealkylation sites (tertiary alicyclic amines) is 1. The van der Waals surface area contributed by atoms with E-state index in [4.69, 9.17) is 19.2 Å². The number of anilines is 1. The van der Waals surface area contributed by atoms with Crippen molar-refractivity contribution in [3.8, 4) is 11.3 Å². The first-order chi connectivity index (χ1) is 16.1. The van der Waals surface area contributed by atoms with E-state index in [1.165, 1.54) is 0 Å². The molecule has 0 N–H and O–H groups in total. The number of aryl methyl sites for hydroxylation is 2. The molecule has 0 spiro atoms. The van der Waals surface area contributed by atoms with Gasteiger partial charge >= 0.3 is 0 Å². The molecule has 5 rings (SSSR count). The average Bonchev–Trinajstić information content (AvgIpc) is 3.25. The van der Waals surface area contributed by atoms with Gasteiger partial charge in [-0.3, -0.25) is 9.78 Å². The fourth-order valence-electron chi connectivity index (χ4n) is 4.53. The zero-order chi connectivity index (χ0) is 22.8. The zero-order valence-electron chi connectivity index (χ0n) is 19.0. The number of carbonyl (C=O) groups is 1. The molecule has 0 unspecified atom stereocenters. The van der Waals surface area contributed by atoms with Gasteiger partial charge < -0.3 is 19.1 Å². The minimum absolute atomic E-state index is 0.0507. The molecule has 3 aromatic rings. The fraction of sp³-hybridized carbons (Fsp3) is 0.458. The van der Waals surface area contributed by atoms with Gasteiger partial charge in [0.05, 0.1) is 13.2 Å². The molecule has 2 fully saturated rings. The molecule has 0 saturated carbocycles. The molecule has 0 atom stereocenters. The molecule has 0 bridgehead atoms. The summed E-state index contributed by atoms with van der Waals surface area (Å²) in [4.78, 5) is 31.3. The van der Waals surface area contributed by atoms with E-state index in [0.717, 1.165) is 62.0 Å². The maximum Gasteiger partial charge on any atom is 0.259 e. The highest BCUT2D eigenvalue weighted by Gasteiger charge is 2.31. The third-order valence-electron chi connectivity index (χ3n) is 6.35. The molecule has 9 heteroatoms. The molecular formula is C24H28N6O3. The van der Waals surface area contributed by atoms with Crippen LogP contribution in [0, 0.1) is 13.8 Å². The second kappa shape index (κ2) is 9.27. The van der Waals surface area contributed by atoms with E-state index in [9.17, 15) is 4.79 Å². The van der Waals surface area contributed by atoms with Crippen LogP contribution in [0.5, 0.6) is 0 Å². The van der Waals surface area contributed by atoms with Gasteiger partial charge in [0.1, 0.15) is 28.7 Å². The Morgan fingerprint density at radius 3 is 2.61 bits per heavy atom. The lowest BCUT2D eigenvalue weighted by Gasteiger charge is -2.32. The quantitative estimate of drug-likeness (QED) is 0.601. The Morgan fingerprint density at radius 1 is 1.09 bits per heavy atom. The molecule has 33 heavy (non-hydrogen) atoms. The van der Waals surface area contributed by atoms with Gasteiger partial charge in [-0.1, -0.05) is 5.16 Å². The molecule has 1 amide bonds. The van der Waals surface area contributed by atoms with Crippen LogP contribution >= 0.6 is 0 Å². The van der Waals surface area contributed by atoms with Gasteiger partial charge in [-0.2, -0.15) is 0 Å². The molecule has 3 aromatic heterocycles. The number of rotatable bonds is 4. The van der Waals surface area contributed by atoms with Crippen LogP contribution in [0.25, 0.3) is 11.3 Å². The number of aromatic nitrogens is 4. The monoisotopic (exact) mass is 448 g/mol. The van der Waals surface area contributed by atoms with Crippen molar-refractivity contribution in [2.24, 2.45) is 0 Å². The lowest BCUT2D eigenvalue weighted by Crippen LogP contribution is -2.39. The van der Waals surface area contributed by atoms with Gasteiger partial charge in [0.25, 0.3) is 5.91 Å². The molecule has 0 radical (unpaired) electrons. The SMILES string of the molecule is Cc1cc(N2CCOCC2)nc(C2CCN(C(=O)c3c(-c4cccnc4)noc3C)CC2)n1.